The Morgan fingerprint density at radius 2 is 1.34 bits per heavy atom. The van der Waals surface area contributed by atoms with E-state index in [1.807, 2.05) is 0 Å². The number of primary amides is 1. The molecule has 0 aromatic rings. The number of carboxylic acids is 1. The summed E-state index contributed by atoms with van der Waals surface area (Å²) < 4.78 is 0. The van der Waals surface area contributed by atoms with Crippen molar-refractivity contribution in [3.63, 3.8) is 0 Å². The minimum Gasteiger partial charge on any atom is -0.480 e. The lowest BCUT2D eigenvalue weighted by molar-refractivity contribution is -0.144. The molecule has 11 nitrogen and oxygen atoms in total. The van der Waals surface area contributed by atoms with E-state index in [0.717, 1.165) is 0 Å². The SMILES string of the molecule is CC(C)C(NC(=O)C(NC(=O)C(CC(N)=O)NC(=O)C(N)CS)C(C)C)C(=O)O. The summed E-state index contributed by atoms with van der Waals surface area (Å²) in [4.78, 5) is 59.7. The first-order valence-electron chi connectivity index (χ1n) is 9.10. The maximum atomic E-state index is 12.6. The third-order valence-electron chi connectivity index (χ3n) is 4.05. The molecule has 0 aromatic carbocycles. The first-order valence-corrected chi connectivity index (χ1v) is 9.73. The van der Waals surface area contributed by atoms with Crippen LogP contribution in [0.3, 0.4) is 0 Å². The molecule has 0 bridgehead atoms. The maximum absolute atomic E-state index is 12.6. The summed E-state index contributed by atoms with van der Waals surface area (Å²) in [5.41, 5.74) is 10.7. The van der Waals surface area contributed by atoms with Gasteiger partial charge in [-0.25, -0.2) is 4.79 Å². The predicted molar refractivity (Wildman–Crippen MR) is 109 cm³/mol. The van der Waals surface area contributed by atoms with Crippen molar-refractivity contribution in [3.05, 3.63) is 0 Å². The lowest BCUT2D eigenvalue weighted by atomic mass is 9.99. The summed E-state index contributed by atoms with van der Waals surface area (Å²) in [6.45, 7) is 6.55. The summed E-state index contributed by atoms with van der Waals surface area (Å²) in [7, 11) is 0. The van der Waals surface area contributed by atoms with Crippen LogP contribution in [0.4, 0.5) is 0 Å². The minimum atomic E-state index is -1.35. The van der Waals surface area contributed by atoms with E-state index in [9.17, 15) is 29.1 Å². The molecular weight excluding hydrogens is 402 g/mol. The molecule has 12 heteroatoms. The topological polar surface area (TPSA) is 194 Å². The van der Waals surface area contributed by atoms with Gasteiger partial charge < -0.3 is 32.5 Å². The standard InChI is InChI=1S/C17H31N5O6S/c1-7(2)12(16(26)22-13(8(3)4)17(27)28)21-15(25)10(5-11(19)23)20-14(24)9(18)6-29/h7-10,12-13,29H,5-6,18H2,1-4H3,(H2,19,23)(H,20,24)(H,21,25)(H,22,26)(H,27,28). The van der Waals surface area contributed by atoms with E-state index in [1.165, 1.54) is 0 Å². The van der Waals surface area contributed by atoms with Crippen molar-refractivity contribution in [2.24, 2.45) is 23.3 Å². The molecule has 0 saturated heterocycles. The van der Waals surface area contributed by atoms with Crippen LogP contribution >= 0.6 is 12.6 Å². The average molecular weight is 434 g/mol. The molecule has 0 spiro atoms. The molecule has 8 N–H and O–H groups in total. The summed E-state index contributed by atoms with van der Waals surface area (Å²) in [5, 5.41) is 16.4. The van der Waals surface area contributed by atoms with E-state index >= 15 is 0 Å². The Hall–Kier alpha value is -2.34. The molecule has 0 radical (unpaired) electrons. The quantitative estimate of drug-likeness (QED) is 0.172. The number of carbonyl (C=O) groups is 5. The summed E-state index contributed by atoms with van der Waals surface area (Å²) in [6.07, 6.45) is -0.507. The highest BCUT2D eigenvalue weighted by Crippen LogP contribution is 2.07. The fourth-order valence-corrected chi connectivity index (χ4v) is 2.48. The van der Waals surface area contributed by atoms with E-state index in [0.29, 0.717) is 0 Å². The highest BCUT2D eigenvalue weighted by molar-refractivity contribution is 7.80. The zero-order valence-corrected chi connectivity index (χ0v) is 17.9. The number of nitrogens with two attached hydrogens (primary N) is 2. The van der Waals surface area contributed by atoms with Gasteiger partial charge in [0.05, 0.1) is 12.5 Å². The number of nitrogens with one attached hydrogen (secondary N) is 3. The number of hydrogen-bond donors (Lipinski definition) is 7. The molecule has 0 rings (SSSR count). The van der Waals surface area contributed by atoms with Crippen molar-refractivity contribution >= 4 is 42.2 Å². The van der Waals surface area contributed by atoms with Crippen LogP contribution in [0, 0.1) is 11.8 Å². The predicted octanol–water partition coefficient (Wildman–Crippen LogP) is -2.03. The lowest BCUT2D eigenvalue weighted by Crippen LogP contribution is -2.59. The number of hydrogen-bond acceptors (Lipinski definition) is 7. The Balaban J connectivity index is 5.41. The fraction of sp³-hybridized carbons (Fsp3) is 0.706. The molecule has 4 atom stereocenters. The van der Waals surface area contributed by atoms with Crippen LogP contribution in [-0.4, -0.2) is 64.6 Å². The van der Waals surface area contributed by atoms with Gasteiger partial charge in [-0.15, -0.1) is 0 Å². The summed E-state index contributed by atoms with van der Waals surface area (Å²) >= 11 is 3.89. The van der Waals surface area contributed by atoms with Crippen molar-refractivity contribution in [2.75, 3.05) is 5.75 Å². The van der Waals surface area contributed by atoms with Gasteiger partial charge in [0.2, 0.25) is 23.6 Å². The van der Waals surface area contributed by atoms with Gasteiger partial charge in [-0.05, 0) is 11.8 Å². The molecule has 4 amide bonds. The average Bonchev–Trinajstić information content (AvgIpc) is 2.60. The van der Waals surface area contributed by atoms with Gasteiger partial charge in [0.1, 0.15) is 18.1 Å². The van der Waals surface area contributed by atoms with Crippen molar-refractivity contribution in [1.82, 2.24) is 16.0 Å². The smallest absolute Gasteiger partial charge is 0.326 e. The molecule has 4 unspecified atom stereocenters. The molecule has 0 heterocycles. The van der Waals surface area contributed by atoms with Crippen LogP contribution in [0.5, 0.6) is 0 Å². The van der Waals surface area contributed by atoms with Gasteiger partial charge in [-0.2, -0.15) is 12.6 Å². The molecule has 0 fully saturated rings. The number of amides is 4. The Morgan fingerprint density at radius 1 is 0.862 bits per heavy atom. The fourth-order valence-electron chi connectivity index (χ4n) is 2.32. The van der Waals surface area contributed by atoms with Gasteiger partial charge in [-0.3, -0.25) is 19.2 Å². The molecular formula is C17H31N5O6S. The largest absolute Gasteiger partial charge is 0.480 e. The van der Waals surface area contributed by atoms with Crippen LogP contribution < -0.4 is 27.4 Å². The third-order valence-corrected chi connectivity index (χ3v) is 4.44. The summed E-state index contributed by atoms with van der Waals surface area (Å²) in [5.74, 6) is -5.07. The van der Waals surface area contributed by atoms with Crippen molar-refractivity contribution < 1.29 is 29.1 Å². The van der Waals surface area contributed by atoms with Crippen LogP contribution in [0.25, 0.3) is 0 Å². The second-order valence-corrected chi connectivity index (χ2v) is 7.68. The Labute approximate surface area is 175 Å². The van der Waals surface area contributed by atoms with Gasteiger partial charge in [0, 0.05) is 5.75 Å². The first-order chi connectivity index (χ1) is 13.3. The second-order valence-electron chi connectivity index (χ2n) is 7.32. The monoisotopic (exact) mass is 433 g/mol. The summed E-state index contributed by atoms with van der Waals surface area (Å²) in [6, 6.07) is -4.60. The maximum Gasteiger partial charge on any atom is 0.326 e. The van der Waals surface area contributed by atoms with Crippen LogP contribution in [0.1, 0.15) is 34.1 Å². The Morgan fingerprint density at radius 3 is 1.72 bits per heavy atom. The van der Waals surface area contributed by atoms with E-state index in [4.69, 9.17) is 11.5 Å². The minimum absolute atomic E-state index is 0.0134. The molecule has 0 aromatic heterocycles. The normalized spacial score (nSPS) is 15.2. The molecule has 166 valence electrons. The van der Waals surface area contributed by atoms with Gasteiger partial charge in [-0.1, -0.05) is 27.7 Å². The third kappa shape index (κ3) is 9.13. The van der Waals surface area contributed by atoms with E-state index in [-0.39, 0.29) is 11.7 Å². The number of carbonyl (C=O) groups excluding carboxylic acids is 4. The van der Waals surface area contributed by atoms with Crippen LogP contribution in [0.2, 0.25) is 0 Å². The number of aliphatic carboxylic acids is 1. The molecule has 0 saturated carbocycles. The van der Waals surface area contributed by atoms with Gasteiger partial charge >= 0.3 is 5.97 Å². The van der Waals surface area contributed by atoms with E-state index in [1.54, 1.807) is 27.7 Å². The van der Waals surface area contributed by atoms with Crippen molar-refractivity contribution in [3.8, 4) is 0 Å². The first kappa shape index (κ1) is 26.7. The van der Waals surface area contributed by atoms with Gasteiger partial charge in [0.15, 0.2) is 0 Å². The zero-order valence-electron chi connectivity index (χ0n) is 17.0. The number of rotatable bonds is 12. The van der Waals surface area contributed by atoms with E-state index < -0.39 is 66.1 Å². The highest BCUT2D eigenvalue weighted by atomic mass is 32.1. The number of thiol groups is 1. The second kappa shape index (κ2) is 12.3. The Bertz CT molecular complexity index is 627. The van der Waals surface area contributed by atoms with Crippen molar-refractivity contribution in [1.29, 1.82) is 0 Å². The van der Waals surface area contributed by atoms with Gasteiger partial charge in [0.25, 0.3) is 0 Å². The van der Waals surface area contributed by atoms with Crippen LogP contribution in [-0.2, 0) is 24.0 Å². The molecule has 0 aliphatic carbocycles. The Kier molecular flexibility index (Phi) is 11.3. The van der Waals surface area contributed by atoms with E-state index in [2.05, 4.69) is 28.6 Å². The zero-order chi connectivity index (χ0) is 22.9. The number of carboxylic acid groups (broad SMARTS) is 1. The molecule has 0 aliphatic rings. The molecule has 0 aliphatic heterocycles. The van der Waals surface area contributed by atoms with Crippen LogP contribution in [0.15, 0.2) is 0 Å². The van der Waals surface area contributed by atoms with Crippen molar-refractivity contribution in [2.45, 2.75) is 58.3 Å². The molecule has 29 heavy (non-hydrogen) atoms. The highest BCUT2D eigenvalue weighted by Gasteiger charge is 2.33. The lowest BCUT2D eigenvalue weighted by Gasteiger charge is -2.27.